The van der Waals surface area contributed by atoms with Gasteiger partial charge >= 0.3 is 0 Å². The first-order chi connectivity index (χ1) is 11.9. The molecule has 128 valence electrons. The highest BCUT2D eigenvalue weighted by molar-refractivity contribution is 9.10. The predicted octanol–water partition coefficient (Wildman–Crippen LogP) is 5.26. The Balaban J connectivity index is 2.02. The minimum Gasteiger partial charge on any atom is -0.350 e. The van der Waals surface area contributed by atoms with Gasteiger partial charge in [0.25, 0.3) is 0 Å². The van der Waals surface area contributed by atoms with E-state index in [0.717, 1.165) is 21.5 Å². The van der Waals surface area contributed by atoms with E-state index >= 15 is 0 Å². The Kier molecular flexibility index (Phi) is 4.99. The molecule has 0 aliphatic heterocycles. The molecule has 0 aliphatic rings. The van der Waals surface area contributed by atoms with Crippen LogP contribution in [0.25, 0.3) is 11.4 Å². The lowest BCUT2D eigenvalue weighted by Crippen LogP contribution is -2.27. The first-order valence-electron chi connectivity index (χ1n) is 8.01. The first kappa shape index (κ1) is 17.4. The lowest BCUT2D eigenvalue weighted by Gasteiger charge is -2.21. The molecule has 6 heteroatoms. The lowest BCUT2D eigenvalue weighted by atomic mass is 10.1. The van der Waals surface area contributed by atoms with E-state index in [2.05, 4.69) is 62.3 Å². The maximum Gasteiger partial charge on any atom is 0.225 e. The second-order valence-corrected chi connectivity index (χ2v) is 7.51. The molecule has 0 radical (unpaired) electrons. The molecule has 0 saturated carbocycles. The zero-order chi connectivity index (χ0) is 17.9. The number of hydrogen-bond acceptors (Lipinski definition) is 5. The van der Waals surface area contributed by atoms with Gasteiger partial charge in [-0.25, -0.2) is 4.98 Å². The first-order valence-corrected chi connectivity index (χ1v) is 8.80. The standard InChI is InChI=1S/C19H20BrN5/c1-19(2,3)25-18-23-16(15-10-6-7-11-21-15)12-17(24-18)22-14-9-5-4-8-13(14)20/h4-12H,1-3H3,(H2,22,23,24,25). The predicted molar refractivity (Wildman–Crippen MR) is 106 cm³/mol. The van der Waals surface area contributed by atoms with Crippen LogP contribution in [0.3, 0.4) is 0 Å². The van der Waals surface area contributed by atoms with E-state index < -0.39 is 0 Å². The molecule has 3 rings (SSSR count). The van der Waals surface area contributed by atoms with E-state index in [9.17, 15) is 0 Å². The number of nitrogens with one attached hydrogen (secondary N) is 2. The molecule has 0 saturated heterocycles. The third kappa shape index (κ3) is 4.76. The molecule has 1 aromatic carbocycles. The van der Waals surface area contributed by atoms with Crippen LogP contribution in [0.4, 0.5) is 17.5 Å². The summed E-state index contributed by atoms with van der Waals surface area (Å²) in [6.07, 6.45) is 1.76. The minimum atomic E-state index is -0.145. The van der Waals surface area contributed by atoms with Gasteiger partial charge in [-0.15, -0.1) is 0 Å². The van der Waals surface area contributed by atoms with Crippen molar-refractivity contribution < 1.29 is 0 Å². The van der Waals surface area contributed by atoms with Gasteiger partial charge in [0.1, 0.15) is 5.82 Å². The number of anilines is 3. The van der Waals surface area contributed by atoms with Crippen molar-refractivity contribution in [3.63, 3.8) is 0 Å². The van der Waals surface area contributed by atoms with Crippen LogP contribution in [0.2, 0.25) is 0 Å². The second kappa shape index (κ2) is 7.19. The van der Waals surface area contributed by atoms with E-state index in [-0.39, 0.29) is 5.54 Å². The van der Waals surface area contributed by atoms with Crippen LogP contribution in [0.5, 0.6) is 0 Å². The summed E-state index contributed by atoms with van der Waals surface area (Å²) in [5.41, 5.74) is 2.36. The molecule has 2 N–H and O–H groups in total. The minimum absolute atomic E-state index is 0.145. The SMILES string of the molecule is CC(C)(C)Nc1nc(Nc2ccccc2Br)cc(-c2ccccn2)n1. The van der Waals surface area contributed by atoms with Crippen molar-refractivity contribution in [1.82, 2.24) is 15.0 Å². The number of aromatic nitrogens is 3. The molecule has 2 heterocycles. The van der Waals surface area contributed by atoms with Crippen molar-refractivity contribution in [1.29, 1.82) is 0 Å². The molecule has 0 bridgehead atoms. The average Bonchev–Trinajstić information content (AvgIpc) is 2.56. The normalized spacial score (nSPS) is 11.2. The fraction of sp³-hybridized carbons (Fsp3) is 0.211. The van der Waals surface area contributed by atoms with E-state index in [1.165, 1.54) is 0 Å². The summed E-state index contributed by atoms with van der Waals surface area (Å²) in [4.78, 5) is 13.6. The molecule has 0 spiro atoms. The Hall–Kier alpha value is -2.47. The zero-order valence-corrected chi connectivity index (χ0v) is 16.0. The van der Waals surface area contributed by atoms with Crippen molar-refractivity contribution in [3.05, 3.63) is 59.2 Å². The summed E-state index contributed by atoms with van der Waals surface area (Å²) in [7, 11) is 0. The van der Waals surface area contributed by atoms with Crippen molar-refractivity contribution >= 4 is 33.4 Å². The zero-order valence-electron chi connectivity index (χ0n) is 14.4. The summed E-state index contributed by atoms with van der Waals surface area (Å²) >= 11 is 3.55. The molecule has 2 aromatic heterocycles. The van der Waals surface area contributed by atoms with Gasteiger partial charge in [0.05, 0.1) is 17.1 Å². The molecule has 0 unspecified atom stereocenters. The summed E-state index contributed by atoms with van der Waals surface area (Å²) < 4.78 is 0.971. The number of halogens is 1. The van der Waals surface area contributed by atoms with Gasteiger partial charge in [-0.3, -0.25) is 4.98 Å². The van der Waals surface area contributed by atoms with Gasteiger partial charge in [-0.05, 0) is 61.0 Å². The van der Waals surface area contributed by atoms with Crippen LogP contribution in [-0.2, 0) is 0 Å². The average molecular weight is 398 g/mol. The molecular weight excluding hydrogens is 378 g/mol. The van der Waals surface area contributed by atoms with Gasteiger partial charge < -0.3 is 10.6 Å². The highest BCUT2D eigenvalue weighted by atomic mass is 79.9. The summed E-state index contributed by atoms with van der Waals surface area (Å²) in [6, 6.07) is 15.6. The van der Waals surface area contributed by atoms with Gasteiger partial charge in [0.2, 0.25) is 5.95 Å². The Morgan fingerprint density at radius 1 is 0.920 bits per heavy atom. The number of hydrogen-bond donors (Lipinski definition) is 2. The number of pyridine rings is 1. The Labute approximate surface area is 156 Å². The van der Waals surface area contributed by atoms with Crippen LogP contribution < -0.4 is 10.6 Å². The summed E-state index contributed by atoms with van der Waals surface area (Å²) in [6.45, 7) is 6.22. The highest BCUT2D eigenvalue weighted by Gasteiger charge is 2.14. The fourth-order valence-electron chi connectivity index (χ4n) is 2.25. The summed E-state index contributed by atoms with van der Waals surface area (Å²) in [5, 5.41) is 6.67. The monoisotopic (exact) mass is 397 g/mol. The van der Waals surface area contributed by atoms with Gasteiger partial charge in [-0.1, -0.05) is 18.2 Å². The van der Waals surface area contributed by atoms with Crippen LogP contribution >= 0.6 is 15.9 Å². The van der Waals surface area contributed by atoms with E-state index in [1.54, 1.807) is 6.20 Å². The number of nitrogens with zero attached hydrogens (tertiary/aromatic N) is 3. The molecule has 0 atom stereocenters. The quantitative estimate of drug-likeness (QED) is 0.628. The second-order valence-electron chi connectivity index (χ2n) is 6.66. The van der Waals surface area contributed by atoms with Gasteiger partial charge in [-0.2, -0.15) is 4.98 Å². The highest BCUT2D eigenvalue weighted by Crippen LogP contribution is 2.27. The van der Waals surface area contributed by atoms with Crippen molar-refractivity contribution in [2.45, 2.75) is 26.3 Å². The number of benzene rings is 1. The van der Waals surface area contributed by atoms with Gasteiger partial charge in [0.15, 0.2) is 0 Å². The van der Waals surface area contributed by atoms with Crippen LogP contribution in [0.1, 0.15) is 20.8 Å². The maximum atomic E-state index is 4.62. The fourth-order valence-corrected chi connectivity index (χ4v) is 2.63. The van der Waals surface area contributed by atoms with Crippen molar-refractivity contribution in [2.24, 2.45) is 0 Å². The third-order valence-electron chi connectivity index (χ3n) is 3.28. The van der Waals surface area contributed by atoms with Crippen LogP contribution in [-0.4, -0.2) is 20.5 Å². The Morgan fingerprint density at radius 3 is 2.36 bits per heavy atom. The number of rotatable bonds is 4. The summed E-state index contributed by atoms with van der Waals surface area (Å²) in [5.74, 6) is 1.26. The molecule has 0 fully saturated rings. The van der Waals surface area contributed by atoms with E-state index in [4.69, 9.17) is 0 Å². The molecule has 25 heavy (non-hydrogen) atoms. The van der Waals surface area contributed by atoms with Crippen LogP contribution in [0.15, 0.2) is 59.2 Å². The lowest BCUT2D eigenvalue weighted by molar-refractivity contribution is 0.626. The maximum absolute atomic E-state index is 4.62. The third-order valence-corrected chi connectivity index (χ3v) is 3.97. The topological polar surface area (TPSA) is 62.7 Å². The molecule has 3 aromatic rings. The Bertz CT molecular complexity index is 859. The smallest absolute Gasteiger partial charge is 0.225 e. The molecular formula is C19H20BrN5. The van der Waals surface area contributed by atoms with E-state index in [0.29, 0.717) is 11.8 Å². The molecule has 0 aliphatic carbocycles. The Morgan fingerprint density at radius 2 is 1.68 bits per heavy atom. The molecule has 0 amide bonds. The largest absolute Gasteiger partial charge is 0.350 e. The number of para-hydroxylation sites is 1. The van der Waals surface area contributed by atoms with Crippen molar-refractivity contribution in [3.8, 4) is 11.4 Å². The molecule has 5 nitrogen and oxygen atoms in total. The van der Waals surface area contributed by atoms with Crippen LogP contribution in [0, 0.1) is 0 Å². The van der Waals surface area contributed by atoms with Gasteiger partial charge in [0, 0.05) is 22.3 Å². The van der Waals surface area contributed by atoms with E-state index in [1.807, 2.05) is 48.5 Å². The van der Waals surface area contributed by atoms with Crippen molar-refractivity contribution in [2.75, 3.05) is 10.6 Å².